The Balaban J connectivity index is 1.53. The summed E-state index contributed by atoms with van der Waals surface area (Å²) in [6.07, 6.45) is 1.53. The van der Waals surface area contributed by atoms with E-state index in [0.29, 0.717) is 23.7 Å². The molecule has 0 bridgehead atoms. The van der Waals surface area contributed by atoms with Crippen molar-refractivity contribution in [1.82, 2.24) is 4.68 Å². The zero-order chi connectivity index (χ0) is 24.1. The molecule has 3 aromatic carbocycles. The number of nitriles is 1. The molecule has 0 saturated carbocycles. The van der Waals surface area contributed by atoms with Crippen molar-refractivity contribution < 1.29 is 14.3 Å². The largest absolute Gasteiger partial charge is 0.493 e. The molecule has 1 amide bonds. The summed E-state index contributed by atoms with van der Waals surface area (Å²) in [6.45, 7) is 4.14. The van der Waals surface area contributed by atoms with Gasteiger partial charge in [0.1, 0.15) is 18.2 Å². The van der Waals surface area contributed by atoms with Crippen LogP contribution in [0, 0.1) is 25.2 Å². The van der Waals surface area contributed by atoms with E-state index in [1.807, 2.05) is 56.3 Å². The van der Waals surface area contributed by atoms with Crippen LogP contribution in [0.15, 0.2) is 78.4 Å². The van der Waals surface area contributed by atoms with E-state index in [-0.39, 0.29) is 5.57 Å². The second kappa shape index (κ2) is 9.97. The maximum Gasteiger partial charge on any atom is 0.280 e. The Hall–Kier alpha value is -4.50. The van der Waals surface area contributed by atoms with Gasteiger partial charge in [-0.1, -0.05) is 48.5 Å². The topological polar surface area (TPSA) is 76.3 Å². The molecule has 6 nitrogen and oxygen atoms in total. The van der Waals surface area contributed by atoms with Crippen LogP contribution in [0.3, 0.4) is 0 Å². The third kappa shape index (κ3) is 4.79. The number of rotatable bonds is 7. The summed E-state index contributed by atoms with van der Waals surface area (Å²) in [6, 6.07) is 25.4. The minimum Gasteiger partial charge on any atom is -0.493 e. The molecular formula is C28H25N3O3. The number of fused-ring (bicyclic) bond motifs is 1. The minimum absolute atomic E-state index is 0.0148. The standard InChI is InChI=1S/C28H25N3O3/c1-19-11-12-20(2)31(19)30-28(32)24(17-29)15-21-13-14-26(27(16-21)33-3)34-18-23-9-6-8-22-7-4-5-10-25(22)23/h4-16H,18H2,1-3H3,(H,30,32)/b24-15-. The van der Waals surface area contributed by atoms with Crippen molar-refractivity contribution in [2.45, 2.75) is 20.5 Å². The van der Waals surface area contributed by atoms with E-state index in [9.17, 15) is 10.1 Å². The van der Waals surface area contributed by atoms with Crippen molar-refractivity contribution in [2.75, 3.05) is 12.5 Å². The van der Waals surface area contributed by atoms with Crippen LogP contribution < -0.4 is 14.9 Å². The fourth-order valence-corrected chi connectivity index (χ4v) is 3.79. The number of aryl methyl sites for hydroxylation is 2. The van der Waals surface area contributed by atoms with Crippen LogP contribution in [0.25, 0.3) is 16.8 Å². The quantitative estimate of drug-likeness (QED) is 0.296. The number of carbonyl (C=O) groups excluding carboxylic acids is 1. The monoisotopic (exact) mass is 451 g/mol. The van der Waals surface area contributed by atoms with Gasteiger partial charge in [-0.25, -0.2) is 0 Å². The number of amides is 1. The van der Waals surface area contributed by atoms with E-state index >= 15 is 0 Å². The van der Waals surface area contributed by atoms with Crippen LogP contribution >= 0.6 is 0 Å². The summed E-state index contributed by atoms with van der Waals surface area (Å²) in [4.78, 5) is 12.7. The Morgan fingerprint density at radius 3 is 2.47 bits per heavy atom. The number of nitrogens with one attached hydrogen (secondary N) is 1. The van der Waals surface area contributed by atoms with Crippen molar-refractivity contribution in [3.63, 3.8) is 0 Å². The van der Waals surface area contributed by atoms with Crippen LogP contribution in [0.2, 0.25) is 0 Å². The number of aromatic nitrogens is 1. The second-order valence-electron chi connectivity index (χ2n) is 7.90. The van der Waals surface area contributed by atoms with Gasteiger partial charge in [-0.2, -0.15) is 5.26 Å². The Morgan fingerprint density at radius 1 is 1.00 bits per heavy atom. The maximum atomic E-state index is 12.7. The highest BCUT2D eigenvalue weighted by Gasteiger charge is 2.13. The van der Waals surface area contributed by atoms with E-state index in [1.54, 1.807) is 30.0 Å². The SMILES string of the molecule is COc1cc(/C=C(/C#N)C(=O)Nn2c(C)ccc2C)ccc1OCc1cccc2ccccc12. The Kier molecular flexibility index (Phi) is 6.65. The first-order valence-electron chi connectivity index (χ1n) is 10.9. The second-order valence-corrected chi connectivity index (χ2v) is 7.90. The average Bonchev–Trinajstić information content (AvgIpc) is 3.18. The van der Waals surface area contributed by atoms with E-state index in [1.165, 1.54) is 6.08 Å². The van der Waals surface area contributed by atoms with Crippen molar-refractivity contribution in [3.05, 3.63) is 101 Å². The molecule has 0 aliphatic rings. The molecule has 0 unspecified atom stereocenters. The fourth-order valence-electron chi connectivity index (χ4n) is 3.79. The van der Waals surface area contributed by atoms with Crippen molar-refractivity contribution >= 4 is 22.8 Å². The lowest BCUT2D eigenvalue weighted by atomic mass is 10.1. The van der Waals surface area contributed by atoms with Crippen LogP contribution in [0.4, 0.5) is 0 Å². The van der Waals surface area contributed by atoms with Gasteiger partial charge < -0.3 is 9.47 Å². The molecular weight excluding hydrogens is 426 g/mol. The van der Waals surface area contributed by atoms with Gasteiger partial charge in [-0.05, 0) is 66.1 Å². The molecule has 0 atom stereocenters. The Bertz CT molecular complexity index is 1400. The van der Waals surface area contributed by atoms with Crippen molar-refractivity contribution in [1.29, 1.82) is 5.26 Å². The molecule has 0 radical (unpaired) electrons. The molecule has 0 aliphatic heterocycles. The highest BCUT2D eigenvalue weighted by Crippen LogP contribution is 2.30. The number of hydrogen-bond acceptors (Lipinski definition) is 4. The summed E-state index contributed by atoms with van der Waals surface area (Å²) >= 11 is 0. The van der Waals surface area contributed by atoms with Crippen LogP contribution in [0.5, 0.6) is 11.5 Å². The number of hydrogen-bond donors (Lipinski definition) is 1. The van der Waals surface area contributed by atoms with Gasteiger partial charge in [-0.15, -0.1) is 0 Å². The third-order valence-corrected chi connectivity index (χ3v) is 5.61. The molecule has 0 fully saturated rings. The summed E-state index contributed by atoms with van der Waals surface area (Å²) in [7, 11) is 1.56. The smallest absolute Gasteiger partial charge is 0.280 e. The number of ether oxygens (including phenoxy) is 2. The molecule has 0 spiro atoms. The molecule has 170 valence electrons. The summed E-state index contributed by atoms with van der Waals surface area (Å²) in [5, 5.41) is 11.9. The Morgan fingerprint density at radius 2 is 1.74 bits per heavy atom. The van der Waals surface area contributed by atoms with Crippen LogP contribution in [-0.4, -0.2) is 17.7 Å². The van der Waals surface area contributed by atoms with Gasteiger partial charge in [0.05, 0.1) is 7.11 Å². The van der Waals surface area contributed by atoms with Gasteiger partial charge in [0.15, 0.2) is 11.5 Å². The molecule has 4 aromatic rings. The maximum absolute atomic E-state index is 12.7. The zero-order valence-corrected chi connectivity index (χ0v) is 19.3. The fraction of sp³-hybridized carbons (Fsp3) is 0.143. The number of carbonyl (C=O) groups is 1. The molecule has 1 N–H and O–H groups in total. The minimum atomic E-state index is -0.486. The van der Waals surface area contributed by atoms with Gasteiger partial charge in [0, 0.05) is 11.4 Å². The normalized spacial score (nSPS) is 11.2. The summed E-state index contributed by atoms with van der Waals surface area (Å²) in [5.41, 5.74) is 6.21. The molecule has 0 saturated heterocycles. The first-order valence-corrected chi connectivity index (χ1v) is 10.9. The highest BCUT2D eigenvalue weighted by atomic mass is 16.5. The van der Waals surface area contributed by atoms with Gasteiger partial charge >= 0.3 is 0 Å². The highest BCUT2D eigenvalue weighted by molar-refractivity contribution is 6.06. The van der Waals surface area contributed by atoms with Crippen molar-refractivity contribution in [2.24, 2.45) is 0 Å². The van der Waals surface area contributed by atoms with Crippen LogP contribution in [0.1, 0.15) is 22.5 Å². The predicted molar refractivity (Wildman–Crippen MR) is 133 cm³/mol. The lowest BCUT2D eigenvalue weighted by Gasteiger charge is -2.13. The summed E-state index contributed by atoms with van der Waals surface area (Å²) < 4.78 is 13.2. The molecule has 6 heteroatoms. The van der Waals surface area contributed by atoms with Gasteiger partial charge in [-0.3, -0.25) is 14.9 Å². The average molecular weight is 452 g/mol. The summed E-state index contributed by atoms with van der Waals surface area (Å²) in [5.74, 6) is 0.609. The first kappa shape index (κ1) is 22.7. The number of nitrogens with zero attached hydrogens (tertiary/aromatic N) is 2. The molecule has 1 heterocycles. The van der Waals surface area contributed by atoms with E-state index < -0.39 is 5.91 Å². The Labute approximate surface area is 198 Å². The molecule has 34 heavy (non-hydrogen) atoms. The van der Waals surface area contributed by atoms with Gasteiger partial charge in [0.25, 0.3) is 5.91 Å². The van der Waals surface area contributed by atoms with Gasteiger partial charge in [0.2, 0.25) is 0 Å². The zero-order valence-electron chi connectivity index (χ0n) is 19.3. The molecule has 1 aromatic heterocycles. The van der Waals surface area contributed by atoms with E-state index in [0.717, 1.165) is 27.7 Å². The molecule has 0 aliphatic carbocycles. The lowest BCUT2D eigenvalue weighted by molar-refractivity contribution is -0.113. The lowest BCUT2D eigenvalue weighted by Crippen LogP contribution is -2.25. The van der Waals surface area contributed by atoms with Crippen LogP contribution in [-0.2, 0) is 11.4 Å². The van der Waals surface area contributed by atoms with E-state index in [2.05, 4.69) is 23.6 Å². The number of benzene rings is 3. The number of methoxy groups -OCH3 is 1. The first-order chi connectivity index (χ1) is 16.5. The third-order valence-electron chi connectivity index (χ3n) is 5.61. The predicted octanol–water partition coefficient (Wildman–Crippen LogP) is 5.52. The molecule has 4 rings (SSSR count). The van der Waals surface area contributed by atoms with E-state index in [4.69, 9.17) is 9.47 Å². The van der Waals surface area contributed by atoms with Crippen molar-refractivity contribution in [3.8, 4) is 17.6 Å².